The molecule has 0 heterocycles. The molecule has 1 rings (SSSR count). The largest absolute Gasteiger partial charge is 0.478 e. The van der Waals surface area contributed by atoms with E-state index in [9.17, 15) is 14.4 Å². The van der Waals surface area contributed by atoms with Gasteiger partial charge in [0.25, 0.3) is 5.91 Å². The van der Waals surface area contributed by atoms with Crippen molar-refractivity contribution in [2.45, 2.75) is 58.9 Å². The summed E-state index contributed by atoms with van der Waals surface area (Å²) in [5.41, 5.74) is -0.0314. The third kappa shape index (κ3) is 5.21. The first-order chi connectivity index (χ1) is 9.85. The van der Waals surface area contributed by atoms with E-state index in [0.29, 0.717) is 0 Å². The second kappa shape index (κ2) is 7.81. The van der Waals surface area contributed by atoms with Crippen LogP contribution >= 0.6 is 0 Å². The summed E-state index contributed by atoms with van der Waals surface area (Å²) in [5.74, 6) is -1.10. The van der Waals surface area contributed by atoms with Gasteiger partial charge in [-0.25, -0.2) is 9.59 Å². The molecule has 1 saturated carbocycles. The number of hydrogen-bond donors (Lipinski definition) is 3. The smallest absolute Gasteiger partial charge is 0.331 e. The number of rotatable bonds is 4. The average Bonchev–Trinajstić information content (AvgIpc) is 2.46. The lowest BCUT2D eigenvalue weighted by Crippen LogP contribution is -2.46. The number of nitrogens with one attached hydrogen (secondary N) is 2. The highest BCUT2D eigenvalue weighted by molar-refractivity contribution is 6.07. The van der Waals surface area contributed by atoms with Gasteiger partial charge in [-0.2, -0.15) is 0 Å². The summed E-state index contributed by atoms with van der Waals surface area (Å²) < 4.78 is 0. The molecule has 3 N–H and O–H groups in total. The van der Waals surface area contributed by atoms with Gasteiger partial charge >= 0.3 is 12.0 Å². The fourth-order valence-corrected chi connectivity index (χ4v) is 2.46. The highest BCUT2D eigenvalue weighted by Gasteiger charge is 2.22. The molecule has 0 unspecified atom stereocenters. The fourth-order valence-electron chi connectivity index (χ4n) is 2.46. The minimum absolute atomic E-state index is 0.0346. The number of carbonyl (C=O) groups is 3. The van der Waals surface area contributed by atoms with Crippen molar-refractivity contribution in [1.29, 1.82) is 0 Å². The zero-order chi connectivity index (χ0) is 16.0. The Morgan fingerprint density at radius 1 is 1.05 bits per heavy atom. The van der Waals surface area contributed by atoms with E-state index in [1.54, 1.807) is 0 Å². The monoisotopic (exact) mass is 296 g/mol. The maximum absolute atomic E-state index is 11.8. The summed E-state index contributed by atoms with van der Waals surface area (Å²) in [6.07, 6.45) is 5.18. The van der Waals surface area contributed by atoms with Crippen molar-refractivity contribution in [2.75, 3.05) is 0 Å². The summed E-state index contributed by atoms with van der Waals surface area (Å²) in [4.78, 5) is 34.3. The van der Waals surface area contributed by atoms with Crippen molar-refractivity contribution in [3.8, 4) is 0 Å². The highest BCUT2D eigenvalue weighted by Crippen LogP contribution is 2.26. The van der Waals surface area contributed by atoms with Crippen molar-refractivity contribution in [2.24, 2.45) is 5.92 Å². The van der Waals surface area contributed by atoms with E-state index >= 15 is 0 Å². The molecule has 0 aromatic carbocycles. The predicted molar refractivity (Wildman–Crippen MR) is 78.7 cm³/mol. The van der Waals surface area contributed by atoms with Gasteiger partial charge in [-0.05, 0) is 45.4 Å². The number of carboxylic acid groups (broad SMARTS) is 1. The SMILES string of the molecule is CCC1CCC(NC(=O)NC(=O)C(C)=C(C)C(=O)O)CC1. The van der Waals surface area contributed by atoms with Gasteiger partial charge in [-0.3, -0.25) is 10.1 Å². The first kappa shape index (κ1) is 17.2. The molecule has 0 aliphatic heterocycles. The van der Waals surface area contributed by atoms with Gasteiger partial charge in [0.2, 0.25) is 0 Å². The Bertz CT molecular complexity index is 449. The molecular formula is C15H24N2O4. The molecule has 0 bridgehead atoms. The Morgan fingerprint density at radius 2 is 1.62 bits per heavy atom. The molecular weight excluding hydrogens is 272 g/mol. The maximum Gasteiger partial charge on any atom is 0.331 e. The lowest BCUT2D eigenvalue weighted by atomic mass is 9.85. The van der Waals surface area contributed by atoms with Crippen LogP contribution in [0.1, 0.15) is 52.9 Å². The summed E-state index contributed by atoms with van der Waals surface area (Å²) in [6.45, 7) is 4.89. The van der Waals surface area contributed by atoms with Gasteiger partial charge in [-0.15, -0.1) is 0 Å². The third-order valence-corrected chi connectivity index (χ3v) is 4.21. The summed E-state index contributed by atoms with van der Waals surface area (Å²) in [7, 11) is 0. The average molecular weight is 296 g/mol. The van der Waals surface area contributed by atoms with Crippen molar-refractivity contribution in [3.05, 3.63) is 11.1 Å². The first-order valence-electron chi connectivity index (χ1n) is 7.37. The quantitative estimate of drug-likeness (QED) is 0.693. The van der Waals surface area contributed by atoms with E-state index in [2.05, 4.69) is 17.6 Å². The zero-order valence-electron chi connectivity index (χ0n) is 12.9. The van der Waals surface area contributed by atoms with E-state index < -0.39 is 17.9 Å². The van der Waals surface area contributed by atoms with Crippen LogP contribution < -0.4 is 10.6 Å². The number of urea groups is 1. The molecule has 0 radical (unpaired) electrons. The Balaban J connectivity index is 2.46. The number of aliphatic carboxylic acids is 1. The minimum Gasteiger partial charge on any atom is -0.478 e. The number of carboxylic acids is 1. The second-order valence-corrected chi connectivity index (χ2v) is 5.61. The van der Waals surface area contributed by atoms with Crippen LogP contribution in [0.5, 0.6) is 0 Å². The molecule has 6 heteroatoms. The predicted octanol–water partition coefficient (Wildman–Crippen LogP) is 2.20. The van der Waals surface area contributed by atoms with Crippen LogP contribution in [-0.2, 0) is 9.59 Å². The molecule has 1 aliphatic carbocycles. The molecule has 21 heavy (non-hydrogen) atoms. The maximum atomic E-state index is 11.8. The zero-order valence-corrected chi connectivity index (χ0v) is 12.9. The van der Waals surface area contributed by atoms with Crippen molar-refractivity contribution in [1.82, 2.24) is 10.6 Å². The van der Waals surface area contributed by atoms with Gasteiger partial charge in [0, 0.05) is 17.2 Å². The Hall–Kier alpha value is -1.85. The highest BCUT2D eigenvalue weighted by atomic mass is 16.4. The van der Waals surface area contributed by atoms with Crippen LogP contribution in [0.2, 0.25) is 0 Å². The topological polar surface area (TPSA) is 95.5 Å². The molecule has 1 aliphatic rings. The minimum atomic E-state index is -1.17. The van der Waals surface area contributed by atoms with Crippen molar-refractivity contribution in [3.63, 3.8) is 0 Å². The number of carbonyl (C=O) groups excluding carboxylic acids is 2. The van der Waals surface area contributed by atoms with Crippen LogP contribution in [0, 0.1) is 5.92 Å². The Kier molecular flexibility index (Phi) is 6.39. The lowest BCUT2D eigenvalue weighted by Gasteiger charge is -2.28. The van der Waals surface area contributed by atoms with Crippen LogP contribution in [0.3, 0.4) is 0 Å². The van der Waals surface area contributed by atoms with Crippen LogP contribution in [0.4, 0.5) is 4.79 Å². The van der Waals surface area contributed by atoms with E-state index in [1.807, 2.05) is 0 Å². The van der Waals surface area contributed by atoms with E-state index in [0.717, 1.165) is 38.0 Å². The molecule has 0 atom stereocenters. The fraction of sp³-hybridized carbons (Fsp3) is 0.667. The van der Waals surface area contributed by atoms with E-state index in [-0.39, 0.29) is 17.2 Å². The number of hydrogen-bond acceptors (Lipinski definition) is 3. The molecule has 6 nitrogen and oxygen atoms in total. The standard InChI is InChI=1S/C15H24N2O4/c1-4-11-5-7-12(8-6-11)16-15(21)17-13(18)9(2)10(3)14(19)20/h11-12H,4-8H2,1-3H3,(H,19,20)(H2,16,17,18,21). The normalized spacial score (nSPS) is 23.0. The molecule has 118 valence electrons. The Morgan fingerprint density at radius 3 is 2.10 bits per heavy atom. The summed E-state index contributed by atoms with van der Waals surface area (Å²) >= 11 is 0. The summed E-state index contributed by atoms with van der Waals surface area (Å²) in [5, 5.41) is 13.8. The van der Waals surface area contributed by atoms with Gasteiger partial charge < -0.3 is 10.4 Å². The van der Waals surface area contributed by atoms with E-state index in [4.69, 9.17) is 5.11 Å². The molecule has 0 saturated heterocycles. The summed E-state index contributed by atoms with van der Waals surface area (Å²) in [6, 6.07) is -0.469. The molecule has 0 aromatic heterocycles. The van der Waals surface area contributed by atoms with Crippen LogP contribution in [-0.4, -0.2) is 29.1 Å². The number of imide groups is 1. The van der Waals surface area contributed by atoms with Gasteiger partial charge in [-0.1, -0.05) is 13.3 Å². The Labute approximate surface area is 125 Å². The van der Waals surface area contributed by atoms with Crippen molar-refractivity contribution < 1.29 is 19.5 Å². The van der Waals surface area contributed by atoms with Crippen molar-refractivity contribution >= 4 is 17.9 Å². The van der Waals surface area contributed by atoms with Gasteiger partial charge in [0.05, 0.1) is 0 Å². The van der Waals surface area contributed by atoms with Crippen LogP contribution in [0.25, 0.3) is 0 Å². The lowest BCUT2D eigenvalue weighted by molar-refractivity contribution is -0.133. The second-order valence-electron chi connectivity index (χ2n) is 5.61. The number of amides is 3. The molecule has 0 spiro atoms. The molecule has 3 amide bonds. The molecule has 0 aromatic rings. The van der Waals surface area contributed by atoms with Gasteiger partial charge in [0.1, 0.15) is 0 Å². The molecule has 1 fully saturated rings. The van der Waals surface area contributed by atoms with Gasteiger partial charge in [0.15, 0.2) is 0 Å². The first-order valence-corrected chi connectivity index (χ1v) is 7.37. The third-order valence-electron chi connectivity index (χ3n) is 4.21. The van der Waals surface area contributed by atoms with Crippen LogP contribution in [0.15, 0.2) is 11.1 Å². The van der Waals surface area contributed by atoms with E-state index in [1.165, 1.54) is 13.8 Å².